The van der Waals surface area contributed by atoms with Crippen molar-refractivity contribution in [2.75, 3.05) is 33.4 Å². The summed E-state index contributed by atoms with van der Waals surface area (Å²) in [5.41, 5.74) is 0.145. The number of piperidine rings is 1. The summed E-state index contributed by atoms with van der Waals surface area (Å²) in [5, 5.41) is 6.60. The van der Waals surface area contributed by atoms with Crippen LogP contribution in [0.15, 0.2) is 0 Å². The van der Waals surface area contributed by atoms with Gasteiger partial charge < -0.3 is 15.4 Å². The van der Waals surface area contributed by atoms with Crippen molar-refractivity contribution in [1.29, 1.82) is 0 Å². The lowest BCUT2D eigenvalue weighted by atomic mass is 9.66. The topological polar surface area (TPSA) is 50.4 Å². The van der Waals surface area contributed by atoms with Gasteiger partial charge in [-0.2, -0.15) is 0 Å². The molecule has 4 nitrogen and oxygen atoms in total. The number of amides is 1. The molecule has 1 aliphatic carbocycles. The first-order chi connectivity index (χ1) is 9.10. The Labute approximate surface area is 128 Å². The Morgan fingerprint density at radius 2 is 1.90 bits per heavy atom. The second kappa shape index (κ2) is 7.62. The molecule has 0 atom stereocenters. The summed E-state index contributed by atoms with van der Waals surface area (Å²) in [7, 11) is 1.71. The van der Waals surface area contributed by atoms with E-state index in [0.717, 1.165) is 51.7 Å². The zero-order chi connectivity index (χ0) is 13.8. The maximum absolute atomic E-state index is 12.5. The van der Waals surface area contributed by atoms with Gasteiger partial charge in [-0.1, -0.05) is 13.3 Å². The molecule has 0 spiro atoms. The molecule has 0 bridgehead atoms. The monoisotopic (exact) mass is 304 g/mol. The largest absolute Gasteiger partial charge is 0.385 e. The fraction of sp³-hybridized carbons (Fsp3) is 0.933. The summed E-state index contributed by atoms with van der Waals surface area (Å²) in [6.45, 7) is 5.94. The Morgan fingerprint density at radius 3 is 2.40 bits per heavy atom. The summed E-state index contributed by atoms with van der Waals surface area (Å²) in [4.78, 5) is 12.5. The van der Waals surface area contributed by atoms with Crippen molar-refractivity contribution in [2.24, 2.45) is 10.8 Å². The van der Waals surface area contributed by atoms with Gasteiger partial charge in [0, 0.05) is 20.3 Å². The molecule has 2 rings (SSSR count). The van der Waals surface area contributed by atoms with Crippen LogP contribution in [0.3, 0.4) is 0 Å². The highest BCUT2D eigenvalue weighted by atomic mass is 35.5. The molecule has 20 heavy (non-hydrogen) atoms. The lowest BCUT2D eigenvalue weighted by molar-refractivity contribution is -0.138. The van der Waals surface area contributed by atoms with Crippen molar-refractivity contribution >= 4 is 18.3 Å². The maximum Gasteiger partial charge on any atom is 0.226 e. The van der Waals surface area contributed by atoms with Gasteiger partial charge >= 0.3 is 0 Å². The van der Waals surface area contributed by atoms with Crippen LogP contribution < -0.4 is 10.6 Å². The third-order valence-electron chi connectivity index (χ3n) is 5.06. The number of methoxy groups -OCH3 is 1. The van der Waals surface area contributed by atoms with Crippen molar-refractivity contribution in [3.8, 4) is 0 Å². The quantitative estimate of drug-likeness (QED) is 0.790. The number of hydrogen-bond donors (Lipinski definition) is 2. The molecule has 2 fully saturated rings. The van der Waals surface area contributed by atoms with E-state index in [1.54, 1.807) is 7.11 Å². The molecule has 1 saturated carbocycles. The molecule has 1 amide bonds. The minimum absolute atomic E-state index is 0. The molecule has 0 aromatic heterocycles. The predicted molar refractivity (Wildman–Crippen MR) is 83.2 cm³/mol. The van der Waals surface area contributed by atoms with E-state index in [-0.39, 0.29) is 29.1 Å². The van der Waals surface area contributed by atoms with Crippen LogP contribution in [-0.4, -0.2) is 39.3 Å². The number of carbonyl (C=O) groups is 1. The van der Waals surface area contributed by atoms with Crippen LogP contribution >= 0.6 is 12.4 Å². The standard InChI is InChI=1S/C15H28N2O2.ClH/c1-14(6-9-16-10-7-14)12-17-13(18)15(4-3-5-15)8-11-19-2;/h16H,3-12H2,1-2H3,(H,17,18);1H. The first-order valence-corrected chi connectivity index (χ1v) is 7.58. The lowest BCUT2D eigenvalue weighted by Gasteiger charge is -2.42. The average molecular weight is 305 g/mol. The molecule has 2 aliphatic rings. The van der Waals surface area contributed by atoms with E-state index in [0.29, 0.717) is 6.61 Å². The van der Waals surface area contributed by atoms with Gasteiger partial charge in [0.15, 0.2) is 0 Å². The second-order valence-electron chi connectivity index (χ2n) is 6.62. The molecule has 0 aromatic carbocycles. The van der Waals surface area contributed by atoms with Crippen molar-refractivity contribution in [3.63, 3.8) is 0 Å². The Morgan fingerprint density at radius 1 is 1.25 bits per heavy atom. The summed E-state index contributed by atoms with van der Waals surface area (Å²) >= 11 is 0. The van der Waals surface area contributed by atoms with E-state index < -0.39 is 0 Å². The molecular weight excluding hydrogens is 276 g/mol. The Bertz CT molecular complexity index is 313. The van der Waals surface area contributed by atoms with Gasteiger partial charge in [0.2, 0.25) is 5.91 Å². The highest BCUT2D eigenvalue weighted by Gasteiger charge is 2.44. The van der Waals surface area contributed by atoms with Crippen LogP contribution in [0.2, 0.25) is 0 Å². The molecule has 2 N–H and O–H groups in total. The summed E-state index contributed by atoms with van der Waals surface area (Å²) in [5.74, 6) is 0.260. The highest BCUT2D eigenvalue weighted by molar-refractivity contribution is 5.85. The van der Waals surface area contributed by atoms with E-state index >= 15 is 0 Å². The average Bonchev–Trinajstić information content (AvgIpc) is 2.36. The van der Waals surface area contributed by atoms with Gasteiger partial charge in [0.05, 0.1) is 5.41 Å². The normalized spacial score (nSPS) is 23.3. The van der Waals surface area contributed by atoms with E-state index in [9.17, 15) is 4.79 Å². The third-order valence-corrected chi connectivity index (χ3v) is 5.06. The first-order valence-electron chi connectivity index (χ1n) is 7.58. The Balaban J connectivity index is 0.00000200. The van der Waals surface area contributed by atoms with Crippen LogP contribution in [0.4, 0.5) is 0 Å². The summed E-state index contributed by atoms with van der Waals surface area (Å²) in [6, 6.07) is 0. The molecule has 1 heterocycles. The van der Waals surface area contributed by atoms with E-state index in [1.165, 1.54) is 6.42 Å². The van der Waals surface area contributed by atoms with Gasteiger partial charge in [-0.25, -0.2) is 0 Å². The van der Waals surface area contributed by atoms with Gasteiger partial charge in [-0.05, 0) is 50.6 Å². The van der Waals surface area contributed by atoms with Crippen molar-refractivity contribution < 1.29 is 9.53 Å². The van der Waals surface area contributed by atoms with E-state index in [2.05, 4.69) is 17.6 Å². The van der Waals surface area contributed by atoms with Crippen LogP contribution in [0.5, 0.6) is 0 Å². The third kappa shape index (κ3) is 4.09. The molecule has 0 unspecified atom stereocenters. The number of nitrogens with one attached hydrogen (secondary N) is 2. The maximum atomic E-state index is 12.5. The van der Waals surface area contributed by atoms with Crippen molar-refractivity contribution in [2.45, 2.75) is 45.4 Å². The number of halogens is 1. The number of hydrogen-bond acceptors (Lipinski definition) is 3. The molecule has 1 aliphatic heterocycles. The molecular formula is C15H29ClN2O2. The number of rotatable bonds is 6. The van der Waals surface area contributed by atoms with Gasteiger partial charge in [0.1, 0.15) is 0 Å². The Kier molecular flexibility index (Phi) is 6.76. The van der Waals surface area contributed by atoms with Gasteiger partial charge in [-0.15, -0.1) is 12.4 Å². The number of ether oxygens (including phenoxy) is 1. The molecule has 118 valence electrons. The predicted octanol–water partition coefficient (Wildman–Crippen LogP) is 2.12. The molecule has 5 heteroatoms. The van der Waals surface area contributed by atoms with Crippen LogP contribution in [0.1, 0.15) is 45.4 Å². The SMILES string of the molecule is COCCC1(C(=O)NCC2(C)CCNCC2)CCC1.Cl. The number of carbonyl (C=O) groups excluding carboxylic acids is 1. The Hall–Kier alpha value is -0.320. The van der Waals surface area contributed by atoms with Crippen molar-refractivity contribution in [1.82, 2.24) is 10.6 Å². The van der Waals surface area contributed by atoms with Gasteiger partial charge in [-0.3, -0.25) is 4.79 Å². The van der Waals surface area contributed by atoms with E-state index in [1.807, 2.05) is 0 Å². The van der Waals surface area contributed by atoms with Crippen molar-refractivity contribution in [3.05, 3.63) is 0 Å². The fourth-order valence-corrected chi connectivity index (χ4v) is 3.18. The summed E-state index contributed by atoms with van der Waals surface area (Å²) in [6.07, 6.45) is 6.41. The van der Waals surface area contributed by atoms with E-state index in [4.69, 9.17) is 4.74 Å². The van der Waals surface area contributed by atoms with Gasteiger partial charge in [0.25, 0.3) is 0 Å². The van der Waals surface area contributed by atoms with Crippen LogP contribution in [0.25, 0.3) is 0 Å². The highest BCUT2D eigenvalue weighted by Crippen LogP contribution is 2.44. The molecule has 0 aromatic rings. The molecule has 0 radical (unpaired) electrons. The minimum Gasteiger partial charge on any atom is -0.385 e. The minimum atomic E-state index is -0.126. The lowest BCUT2D eigenvalue weighted by Crippen LogP contribution is -2.50. The summed E-state index contributed by atoms with van der Waals surface area (Å²) < 4.78 is 5.15. The second-order valence-corrected chi connectivity index (χ2v) is 6.62. The fourth-order valence-electron chi connectivity index (χ4n) is 3.18. The first kappa shape index (κ1) is 17.7. The zero-order valence-electron chi connectivity index (χ0n) is 12.8. The smallest absolute Gasteiger partial charge is 0.226 e. The zero-order valence-corrected chi connectivity index (χ0v) is 13.6. The van der Waals surface area contributed by atoms with Crippen LogP contribution in [0, 0.1) is 10.8 Å². The molecule has 1 saturated heterocycles. The van der Waals surface area contributed by atoms with Crippen LogP contribution in [-0.2, 0) is 9.53 Å².